The smallest absolute Gasteiger partial charge is 0.361 e. The van der Waals surface area contributed by atoms with Gasteiger partial charge < -0.3 is 13.6 Å². The van der Waals surface area contributed by atoms with E-state index in [9.17, 15) is 0 Å². The molecule has 0 N–H and O–H groups in total. The van der Waals surface area contributed by atoms with Gasteiger partial charge in [-0.25, -0.2) is 0 Å². The Hall–Kier alpha value is -0.163. The molecule has 0 atom stereocenters. The lowest BCUT2D eigenvalue weighted by Gasteiger charge is -2.25. The average Bonchev–Trinajstić information content (AvgIpc) is 2.03. The molecule has 0 saturated carbocycles. The fraction of sp³-hybridized carbons (Fsp3) is 0.800. The molecular weight excluding hydrogens is 196 g/mol. The Bertz CT molecular complexity index is 165. The molecule has 0 unspecified atom stereocenters. The normalized spacial score (nSPS) is 11.7. The van der Waals surface area contributed by atoms with E-state index in [1.165, 1.54) is 0 Å². The monoisotopic (exact) mass is 218 g/mol. The Morgan fingerprint density at radius 2 is 1.71 bits per heavy atom. The van der Waals surface area contributed by atoms with E-state index < -0.39 is 8.56 Å². The SMILES string of the molecule is C=C(C)COC[Si](C)(OCC)OCC. The Balaban J connectivity index is 3.88. The Labute approximate surface area is 88.3 Å². The molecule has 0 aromatic carbocycles. The van der Waals surface area contributed by atoms with Crippen LogP contribution in [-0.2, 0) is 13.6 Å². The number of hydrogen-bond donors (Lipinski definition) is 0. The minimum atomic E-state index is -2.08. The maximum Gasteiger partial charge on any atom is 0.361 e. The maximum atomic E-state index is 5.61. The summed E-state index contributed by atoms with van der Waals surface area (Å²) in [6.07, 6.45) is 0.571. The van der Waals surface area contributed by atoms with Crippen molar-refractivity contribution in [2.24, 2.45) is 0 Å². The van der Waals surface area contributed by atoms with E-state index >= 15 is 0 Å². The van der Waals surface area contributed by atoms with Gasteiger partial charge in [-0.2, -0.15) is 0 Å². The summed E-state index contributed by atoms with van der Waals surface area (Å²) in [6, 6.07) is 0. The Kier molecular flexibility index (Phi) is 7.09. The summed E-state index contributed by atoms with van der Waals surface area (Å²) in [5.74, 6) is 0. The molecule has 0 radical (unpaired) electrons. The Morgan fingerprint density at radius 1 is 1.21 bits per heavy atom. The fourth-order valence-electron chi connectivity index (χ4n) is 1.15. The third kappa shape index (κ3) is 6.31. The highest BCUT2D eigenvalue weighted by Gasteiger charge is 2.31. The molecule has 0 aromatic rings. The topological polar surface area (TPSA) is 27.7 Å². The Morgan fingerprint density at radius 3 is 2.07 bits per heavy atom. The van der Waals surface area contributed by atoms with E-state index in [-0.39, 0.29) is 0 Å². The highest BCUT2D eigenvalue weighted by Crippen LogP contribution is 2.08. The minimum Gasteiger partial charge on any atom is -0.393 e. The molecule has 0 saturated heterocycles. The van der Waals surface area contributed by atoms with E-state index in [4.69, 9.17) is 13.6 Å². The highest BCUT2D eigenvalue weighted by atomic mass is 28.4. The molecule has 0 rings (SSSR count). The quantitative estimate of drug-likeness (QED) is 0.462. The zero-order chi connectivity index (χ0) is 11.0. The van der Waals surface area contributed by atoms with Gasteiger partial charge in [-0.05, 0) is 27.3 Å². The summed E-state index contributed by atoms with van der Waals surface area (Å²) in [4.78, 5) is 0. The van der Waals surface area contributed by atoms with Gasteiger partial charge in [0.25, 0.3) is 0 Å². The van der Waals surface area contributed by atoms with Crippen LogP contribution in [0.5, 0.6) is 0 Å². The van der Waals surface area contributed by atoms with Crippen molar-refractivity contribution < 1.29 is 13.6 Å². The predicted molar refractivity (Wildman–Crippen MR) is 60.5 cm³/mol. The van der Waals surface area contributed by atoms with Crippen molar-refractivity contribution in [2.75, 3.05) is 26.1 Å². The van der Waals surface area contributed by atoms with Crippen LogP contribution >= 0.6 is 0 Å². The van der Waals surface area contributed by atoms with E-state index in [1.807, 2.05) is 27.3 Å². The van der Waals surface area contributed by atoms with Crippen molar-refractivity contribution in [1.82, 2.24) is 0 Å². The third-order valence-electron chi connectivity index (χ3n) is 1.61. The van der Waals surface area contributed by atoms with Crippen molar-refractivity contribution in [1.29, 1.82) is 0 Å². The van der Waals surface area contributed by atoms with Gasteiger partial charge in [0.1, 0.15) is 0 Å². The lowest BCUT2D eigenvalue weighted by molar-refractivity contribution is 0.120. The molecule has 0 aliphatic heterocycles. The second kappa shape index (κ2) is 7.17. The van der Waals surface area contributed by atoms with E-state index in [0.717, 1.165) is 5.57 Å². The standard InChI is InChI=1S/C10H22O3Si/c1-6-12-14(5,13-7-2)9-11-8-10(3)4/h3,6-9H2,1-2,4-5H3. The molecule has 0 bridgehead atoms. The molecule has 0 amide bonds. The third-order valence-corrected chi connectivity index (χ3v) is 4.14. The summed E-state index contributed by atoms with van der Waals surface area (Å²) < 4.78 is 16.7. The second-order valence-electron chi connectivity index (χ2n) is 3.45. The molecule has 84 valence electrons. The molecule has 14 heavy (non-hydrogen) atoms. The van der Waals surface area contributed by atoms with Crippen LogP contribution in [0.4, 0.5) is 0 Å². The van der Waals surface area contributed by atoms with Gasteiger partial charge >= 0.3 is 8.56 Å². The van der Waals surface area contributed by atoms with Crippen LogP contribution in [0.25, 0.3) is 0 Å². The van der Waals surface area contributed by atoms with Crippen LogP contribution in [0.15, 0.2) is 12.2 Å². The molecule has 0 aromatic heterocycles. The zero-order valence-electron chi connectivity index (χ0n) is 9.76. The van der Waals surface area contributed by atoms with Crippen molar-refractivity contribution in [3.8, 4) is 0 Å². The summed E-state index contributed by atoms with van der Waals surface area (Å²) >= 11 is 0. The van der Waals surface area contributed by atoms with Crippen LogP contribution in [0.3, 0.4) is 0 Å². The molecule has 0 fully saturated rings. The number of ether oxygens (including phenoxy) is 1. The second-order valence-corrected chi connectivity index (χ2v) is 6.58. The van der Waals surface area contributed by atoms with E-state index in [1.54, 1.807) is 0 Å². The van der Waals surface area contributed by atoms with Crippen molar-refractivity contribution in [3.05, 3.63) is 12.2 Å². The highest BCUT2D eigenvalue weighted by molar-refractivity contribution is 6.65. The first kappa shape index (κ1) is 13.8. The van der Waals surface area contributed by atoms with Gasteiger partial charge in [-0.3, -0.25) is 0 Å². The first-order valence-electron chi connectivity index (χ1n) is 5.04. The summed E-state index contributed by atoms with van der Waals surface area (Å²) in [6.45, 7) is 13.6. The number of rotatable bonds is 8. The van der Waals surface area contributed by atoms with E-state index in [2.05, 4.69) is 6.58 Å². The van der Waals surface area contributed by atoms with Gasteiger partial charge in [0.15, 0.2) is 0 Å². The average molecular weight is 218 g/mol. The van der Waals surface area contributed by atoms with E-state index in [0.29, 0.717) is 26.1 Å². The fourth-order valence-corrected chi connectivity index (χ4v) is 3.09. The molecule has 4 heteroatoms. The predicted octanol–water partition coefficient (Wildman–Crippen LogP) is 2.26. The lowest BCUT2D eigenvalue weighted by atomic mass is 10.4. The summed E-state index contributed by atoms with van der Waals surface area (Å²) in [7, 11) is -2.08. The van der Waals surface area contributed by atoms with Gasteiger partial charge in [0, 0.05) is 13.2 Å². The van der Waals surface area contributed by atoms with Gasteiger partial charge in [0.2, 0.25) is 0 Å². The van der Waals surface area contributed by atoms with Crippen LogP contribution in [0.2, 0.25) is 6.55 Å². The molecule has 3 nitrogen and oxygen atoms in total. The molecular formula is C10H22O3Si. The first-order chi connectivity index (χ1) is 6.54. The molecule has 0 aliphatic rings. The maximum absolute atomic E-state index is 5.61. The van der Waals surface area contributed by atoms with Crippen molar-refractivity contribution in [2.45, 2.75) is 27.3 Å². The van der Waals surface area contributed by atoms with Gasteiger partial charge in [-0.1, -0.05) is 12.2 Å². The molecule has 0 aliphatic carbocycles. The van der Waals surface area contributed by atoms with Crippen LogP contribution in [-0.4, -0.2) is 34.6 Å². The minimum absolute atomic E-state index is 0.571. The van der Waals surface area contributed by atoms with Crippen LogP contribution in [0, 0.1) is 0 Å². The molecule has 0 spiro atoms. The van der Waals surface area contributed by atoms with Crippen molar-refractivity contribution in [3.63, 3.8) is 0 Å². The summed E-state index contributed by atoms with van der Waals surface area (Å²) in [5, 5.41) is 0. The zero-order valence-corrected chi connectivity index (χ0v) is 10.8. The van der Waals surface area contributed by atoms with Gasteiger partial charge in [-0.15, -0.1) is 0 Å². The first-order valence-corrected chi connectivity index (χ1v) is 7.56. The van der Waals surface area contributed by atoms with Crippen LogP contribution < -0.4 is 0 Å². The van der Waals surface area contributed by atoms with Crippen molar-refractivity contribution >= 4 is 8.56 Å². The van der Waals surface area contributed by atoms with Gasteiger partial charge in [0.05, 0.1) is 12.8 Å². The van der Waals surface area contributed by atoms with Crippen LogP contribution in [0.1, 0.15) is 20.8 Å². The lowest BCUT2D eigenvalue weighted by Crippen LogP contribution is -2.44. The largest absolute Gasteiger partial charge is 0.393 e. The molecule has 0 heterocycles. The summed E-state index contributed by atoms with van der Waals surface area (Å²) in [5.41, 5.74) is 1.02. The number of hydrogen-bond acceptors (Lipinski definition) is 3.